The lowest BCUT2D eigenvalue weighted by molar-refractivity contribution is 0.0544. The topological polar surface area (TPSA) is 75.4 Å². The van der Waals surface area contributed by atoms with E-state index >= 15 is 0 Å². The lowest BCUT2D eigenvalue weighted by Gasteiger charge is -2.20. The second kappa shape index (κ2) is 11.6. The van der Waals surface area contributed by atoms with Gasteiger partial charge < -0.3 is 14.2 Å². The summed E-state index contributed by atoms with van der Waals surface area (Å²) < 4.78 is 11.9. The molecule has 0 aliphatic heterocycles. The van der Waals surface area contributed by atoms with E-state index in [2.05, 4.69) is 0 Å². The van der Waals surface area contributed by atoms with Crippen LogP contribution < -0.4 is 0 Å². The van der Waals surface area contributed by atoms with Crippen LogP contribution in [0.5, 0.6) is 0 Å². The Bertz CT molecular complexity index is 644. The van der Waals surface area contributed by atoms with E-state index in [0.29, 0.717) is 6.61 Å². The Balaban J connectivity index is 2.60. The van der Waals surface area contributed by atoms with E-state index < -0.39 is 25.5 Å². The second-order valence-electron chi connectivity index (χ2n) is 5.05. The van der Waals surface area contributed by atoms with Crippen LogP contribution in [0, 0.1) is 10.8 Å². The third-order valence-corrected chi connectivity index (χ3v) is 3.88. The molecule has 0 spiro atoms. The molecule has 0 amide bonds. The molecule has 27 heavy (non-hydrogen) atoms. The summed E-state index contributed by atoms with van der Waals surface area (Å²) in [4.78, 5) is 0. The van der Waals surface area contributed by atoms with Gasteiger partial charge in [0.1, 0.15) is 12.7 Å². The molecule has 0 aliphatic carbocycles. The van der Waals surface area contributed by atoms with Crippen molar-refractivity contribution in [3.63, 3.8) is 0 Å². The minimum absolute atomic E-state index is 0.0631. The van der Waals surface area contributed by atoms with Crippen molar-refractivity contribution in [1.29, 1.82) is 10.8 Å². The van der Waals surface area contributed by atoms with Crippen LogP contribution in [0.25, 0.3) is 0 Å². The van der Waals surface area contributed by atoms with Crippen molar-refractivity contribution < 1.29 is 14.2 Å². The molecule has 1 atom stereocenters. The van der Waals surface area contributed by atoms with Crippen LogP contribution in [0.15, 0.2) is 42.5 Å². The predicted octanol–water partition coefficient (Wildman–Crippen LogP) is 5.86. The molecule has 0 fully saturated rings. The van der Waals surface area contributed by atoms with E-state index in [1.54, 1.807) is 0 Å². The molecule has 0 saturated carbocycles. The number of alkyl halides is 6. The average Bonchev–Trinajstić information content (AvgIpc) is 2.57. The van der Waals surface area contributed by atoms with Gasteiger partial charge in [-0.15, -0.1) is 0 Å². The highest BCUT2D eigenvalue weighted by Gasteiger charge is 2.30. The van der Waals surface area contributed by atoms with Gasteiger partial charge in [-0.2, -0.15) is 0 Å². The van der Waals surface area contributed by atoms with Gasteiger partial charge in [0.15, 0.2) is 0 Å². The summed E-state index contributed by atoms with van der Waals surface area (Å²) in [5.74, 6) is -1.08. The maximum atomic E-state index is 7.68. The first-order valence-corrected chi connectivity index (χ1v) is 9.66. The van der Waals surface area contributed by atoms with Crippen molar-refractivity contribution in [1.82, 2.24) is 0 Å². The fraction of sp³-hybridized carbons (Fsp3) is 0.375. The SMILES string of the molecule is N=C(OC/C=C\C(COCc1ccccc1)OC(=N)C(Cl)(Cl)Cl)C(Cl)(Cl)Cl. The molecular formula is C16H16Cl6N2O3. The molecule has 1 aromatic rings. The molecule has 0 heterocycles. The Labute approximate surface area is 187 Å². The van der Waals surface area contributed by atoms with Gasteiger partial charge in [0.2, 0.25) is 11.8 Å². The smallest absolute Gasteiger partial charge is 0.265 e. The van der Waals surface area contributed by atoms with Gasteiger partial charge in [-0.1, -0.05) is 99.9 Å². The Hall–Kier alpha value is -0.400. The third-order valence-electron chi connectivity index (χ3n) is 2.85. The molecule has 5 nitrogen and oxygen atoms in total. The summed E-state index contributed by atoms with van der Waals surface area (Å²) in [6, 6.07) is 9.50. The van der Waals surface area contributed by atoms with E-state index in [1.807, 2.05) is 30.3 Å². The summed E-state index contributed by atoms with van der Waals surface area (Å²) in [6.07, 6.45) is 2.30. The molecule has 150 valence electrons. The molecule has 0 bridgehead atoms. The van der Waals surface area contributed by atoms with Gasteiger partial charge in [-0.25, -0.2) is 0 Å². The van der Waals surface area contributed by atoms with Crippen LogP contribution in [0.2, 0.25) is 0 Å². The fourth-order valence-corrected chi connectivity index (χ4v) is 1.93. The average molecular weight is 497 g/mol. The van der Waals surface area contributed by atoms with Gasteiger partial charge >= 0.3 is 0 Å². The number of hydrogen-bond donors (Lipinski definition) is 2. The summed E-state index contributed by atoms with van der Waals surface area (Å²) in [5, 5.41) is 15.1. The highest BCUT2D eigenvalue weighted by Crippen LogP contribution is 2.29. The first kappa shape index (κ1) is 24.6. The molecule has 0 aliphatic rings. The minimum atomic E-state index is -2.00. The summed E-state index contributed by atoms with van der Waals surface area (Å²) in [6.45, 7) is 0.354. The molecular weight excluding hydrogens is 481 g/mol. The van der Waals surface area contributed by atoms with Gasteiger partial charge in [-0.3, -0.25) is 10.8 Å². The minimum Gasteiger partial charge on any atom is -0.474 e. The standard InChI is InChI=1S/C16H16Cl6N2O3/c17-15(18,19)13(23)26-8-4-7-12(27-14(24)16(20,21)22)10-25-9-11-5-2-1-3-6-11/h1-7,12,23-24H,8-10H2/b7-4-,23-13?,24-14?. The zero-order valence-electron chi connectivity index (χ0n) is 13.7. The number of benzene rings is 1. The Morgan fingerprint density at radius 3 is 2.11 bits per heavy atom. The van der Waals surface area contributed by atoms with Crippen LogP contribution in [0.1, 0.15) is 5.56 Å². The molecule has 0 aromatic heterocycles. The van der Waals surface area contributed by atoms with Crippen LogP contribution in [0.3, 0.4) is 0 Å². The van der Waals surface area contributed by atoms with Crippen LogP contribution >= 0.6 is 69.6 Å². The van der Waals surface area contributed by atoms with E-state index in [9.17, 15) is 0 Å². The molecule has 2 N–H and O–H groups in total. The Morgan fingerprint density at radius 1 is 0.963 bits per heavy atom. The lowest BCUT2D eigenvalue weighted by atomic mass is 10.2. The van der Waals surface area contributed by atoms with Crippen molar-refractivity contribution >= 4 is 81.4 Å². The first-order valence-electron chi connectivity index (χ1n) is 7.39. The molecule has 1 rings (SSSR count). The molecule has 0 radical (unpaired) electrons. The predicted molar refractivity (Wildman–Crippen MR) is 112 cm³/mol. The number of rotatable bonds is 8. The maximum absolute atomic E-state index is 7.68. The molecule has 0 saturated heterocycles. The Kier molecular flexibility index (Phi) is 10.6. The normalized spacial score (nSPS) is 13.4. The maximum Gasteiger partial charge on any atom is 0.265 e. The van der Waals surface area contributed by atoms with Gasteiger partial charge in [0, 0.05) is 0 Å². The highest BCUT2D eigenvalue weighted by atomic mass is 35.6. The largest absolute Gasteiger partial charge is 0.474 e. The van der Waals surface area contributed by atoms with Gasteiger partial charge in [-0.05, 0) is 17.7 Å². The van der Waals surface area contributed by atoms with Gasteiger partial charge in [0.05, 0.1) is 13.2 Å². The van der Waals surface area contributed by atoms with Crippen molar-refractivity contribution in [3.8, 4) is 0 Å². The number of ether oxygens (including phenoxy) is 3. The van der Waals surface area contributed by atoms with E-state index in [-0.39, 0.29) is 13.2 Å². The number of nitrogens with one attached hydrogen (secondary N) is 2. The lowest BCUT2D eigenvalue weighted by Crippen LogP contribution is -2.29. The Morgan fingerprint density at radius 2 is 1.56 bits per heavy atom. The zero-order chi connectivity index (χ0) is 20.5. The molecule has 11 heteroatoms. The highest BCUT2D eigenvalue weighted by molar-refractivity contribution is 6.76. The van der Waals surface area contributed by atoms with E-state index in [0.717, 1.165) is 5.56 Å². The summed E-state index contributed by atoms with van der Waals surface area (Å²) in [7, 11) is 0. The van der Waals surface area contributed by atoms with E-state index in [1.165, 1.54) is 12.2 Å². The fourth-order valence-electron chi connectivity index (χ4n) is 1.63. The number of hydrogen-bond acceptors (Lipinski definition) is 5. The summed E-state index contributed by atoms with van der Waals surface area (Å²) in [5.41, 5.74) is 0.969. The van der Waals surface area contributed by atoms with E-state index in [4.69, 9.17) is 94.6 Å². The molecule has 1 unspecified atom stereocenters. The van der Waals surface area contributed by atoms with Crippen molar-refractivity contribution in [2.75, 3.05) is 13.2 Å². The quantitative estimate of drug-likeness (QED) is 0.205. The third kappa shape index (κ3) is 10.6. The monoisotopic (exact) mass is 494 g/mol. The van der Waals surface area contributed by atoms with Crippen LogP contribution in [-0.4, -0.2) is 38.7 Å². The number of halogens is 6. The zero-order valence-corrected chi connectivity index (χ0v) is 18.3. The van der Waals surface area contributed by atoms with Crippen LogP contribution in [-0.2, 0) is 20.8 Å². The van der Waals surface area contributed by atoms with Gasteiger partial charge in [0.25, 0.3) is 7.59 Å². The second-order valence-corrected chi connectivity index (χ2v) is 9.61. The first-order chi connectivity index (χ1) is 12.5. The molecule has 1 aromatic carbocycles. The van der Waals surface area contributed by atoms with Crippen molar-refractivity contribution in [2.45, 2.75) is 20.3 Å². The summed E-state index contributed by atoms with van der Waals surface area (Å²) >= 11 is 33.4. The van der Waals surface area contributed by atoms with Crippen molar-refractivity contribution in [3.05, 3.63) is 48.0 Å². The van der Waals surface area contributed by atoms with Crippen molar-refractivity contribution in [2.24, 2.45) is 0 Å². The van der Waals surface area contributed by atoms with Crippen LogP contribution in [0.4, 0.5) is 0 Å².